The molecule has 0 saturated heterocycles. The van der Waals surface area contributed by atoms with E-state index in [9.17, 15) is 4.79 Å². The number of carbonyl (C=O) groups is 1. The molecule has 138 valence electrons. The highest BCUT2D eigenvalue weighted by Crippen LogP contribution is 2.18. The zero-order chi connectivity index (χ0) is 17.3. The Labute approximate surface area is 145 Å². The molecule has 3 heteroatoms. The maximum absolute atomic E-state index is 12.5. The number of hydrogen-bond acceptors (Lipinski definition) is 2. The molecule has 0 aromatic heterocycles. The molecule has 0 spiro atoms. The molecule has 1 unspecified atom stereocenters. The Morgan fingerprint density at radius 3 is 1.70 bits per heavy atom. The van der Waals surface area contributed by atoms with Gasteiger partial charge in [0.25, 0.3) is 0 Å². The van der Waals surface area contributed by atoms with Crippen LogP contribution in [0, 0.1) is 5.92 Å². The van der Waals surface area contributed by atoms with Crippen LogP contribution in [0.1, 0.15) is 97.8 Å². The highest BCUT2D eigenvalue weighted by molar-refractivity contribution is 5.78. The summed E-state index contributed by atoms with van der Waals surface area (Å²) in [5.74, 6) is 0.463. The molecule has 0 aromatic carbocycles. The van der Waals surface area contributed by atoms with Crippen LogP contribution in [0.4, 0.5) is 0 Å². The molecule has 0 fully saturated rings. The Kier molecular flexibility index (Phi) is 15.9. The minimum Gasteiger partial charge on any atom is -0.343 e. The van der Waals surface area contributed by atoms with Crippen LogP contribution < -0.4 is 5.73 Å². The molecule has 1 atom stereocenters. The van der Waals surface area contributed by atoms with Gasteiger partial charge in [-0.25, -0.2) is 0 Å². The first kappa shape index (κ1) is 22.4. The van der Waals surface area contributed by atoms with E-state index in [0.29, 0.717) is 12.5 Å². The first-order valence-electron chi connectivity index (χ1n) is 10.2. The third-order valence-electron chi connectivity index (χ3n) is 4.85. The van der Waals surface area contributed by atoms with Crippen LogP contribution in [-0.2, 0) is 4.79 Å². The Balaban J connectivity index is 3.74. The Morgan fingerprint density at radius 2 is 1.26 bits per heavy atom. The lowest BCUT2D eigenvalue weighted by Crippen LogP contribution is -2.36. The van der Waals surface area contributed by atoms with Crippen molar-refractivity contribution in [2.45, 2.75) is 97.8 Å². The lowest BCUT2D eigenvalue weighted by atomic mass is 9.95. The molecule has 0 rings (SSSR count). The molecule has 0 aliphatic heterocycles. The van der Waals surface area contributed by atoms with Gasteiger partial charge in [0.2, 0.25) is 5.91 Å². The zero-order valence-electron chi connectivity index (χ0n) is 16.1. The number of carbonyl (C=O) groups excluding carboxylic acids is 1. The lowest BCUT2D eigenvalue weighted by Gasteiger charge is -2.25. The van der Waals surface area contributed by atoms with Crippen molar-refractivity contribution in [2.75, 3.05) is 19.6 Å². The van der Waals surface area contributed by atoms with Crippen molar-refractivity contribution in [1.29, 1.82) is 0 Å². The highest BCUT2D eigenvalue weighted by atomic mass is 16.2. The van der Waals surface area contributed by atoms with Crippen LogP contribution in [0.5, 0.6) is 0 Å². The van der Waals surface area contributed by atoms with Gasteiger partial charge in [-0.05, 0) is 33.2 Å². The minimum atomic E-state index is 0.147. The summed E-state index contributed by atoms with van der Waals surface area (Å²) in [4.78, 5) is 14.4. The van der Waals surface area contributed by atoms with Crippen LogP contribution in [0.3, 0.4) is 0 Å². The molecule has 0 bridgehead atoms. The molecule has 0 aliphatic rings. The standard InChI is InChI=1S/C20H42N2O/c1-4-7-8-9-10-11-12-13-14-15-16-19(17-18-21)20(23)22(5-2)6-3/h19H,4-18,21H2,1-3H3. The van der Waals surface area contributed by atoms with E-state index in [1.807, 2.05) is 4.90 Å². The van der Waals surface area contributed by atoms with Gasteiger partial charge in [-0.3, -0.25) is 4.79 Å². The summed E-state index contributed by atoms with van der Waals surface area (Å²) in [6.45, 7) is 8.63. The molecule has 0 radical (unpaired) electrons. The second-order valence-electron chi connectivity index (χ2n) is 6.76. The van der Waals surface area contributed by atoms with Crippen LogP contribution in [0.15, 0.2) is 0 Å². The van der Waals surface area contributed by atoms with Gasteiger partial charge in [-0.2, -0.15) is 0 Å². The molecule has 23 heavy (non-hydrogen) atoms. The van der Waals surface area contributed by atoms with Crippen molar-refractivity contribution in [3.8, 4) is 0 Å². The predicted octanol–water partition coefficient (Wildman–Crippen LogP) is 5.13. The van der Waals surface area contributed by atoms with Crippen LogP contribution in [0.25, 0.3) is 0 Å². The molecule has 0 aromatic rings. The maximum atomic E-state index is 12.5. The number of nitrogens with zero attached hydrogens (tertiary/aromatic N) is 1. The Bertz CT molecular complexity index is 264. The first-order chi connectivity index (χ1) is 11.2. The van der Waals surface area contributed by atoms with Crippen LogP contribution in [0.2, 0.25) is 0 Å². The van der Waals surface area contributed by atoms with E-state index in [1.54, 1.807) is 0 Å². The van der Waals surface area contributed by atoms with Crippen molar-refractivity contribution in [1.82, 2.24) is 4.90 Å². The second-order valence-corrected chi connectivity index (χ2v) is 6.76. The lowest BCUT2D eigenvalue weighted by molar-refractivity contribution is -0.135. The fourth-order valence-electron chi connectivity index (χ4n) is 3.26. The third kappa shape index (κ3) is 11.6. The Hall–Kier alpha value is -0.570. The summed E-state index contributed by atoms with van der Waals surface area (Å²) in [7, 11) is 0. The SMILES string of the molecule is CCCCCCCCCCCCC(CCN)C(=O)N(CC)CC. The van der Waals surface area contributed by atoms with Crippen molar-refractivity contribution in [3.05, 3.63) is 0 Å². The molecule has 0 saturated carbocycles. The van der Waals surface area contributed by atoms with Crippen molar-refractivity contribution >= 4 is 5.91 Å². The summed E-state index contributed by atoms with van der Waals surface area (Å²) in [5.41, 5.74) is 5.70. The van der Waals surface area contributed by atoms with Crippen LogP contribution >= 0.6 is 0 Å². The molecular formula is C20H42N2O. The van der Waals surface area contributed by atoms with Crippen molar-refractivity contribution in [2.24, 2.45) is 11.7 Å². The fourth-order valence-corrected chi connectivity index (χ4v) is 3.26. The van der Waals surface area contributed by atoms with Gasteiger partial charge in [0.05, 0.1) is 0 Å². The number of unbranched alkanes of at least 4 members (excludes halogenated alkanes) is 9. The minimum absolute atomic E-state index is 0.147. The summed E-state index contributed by atoms with van der Waals surface area (Å²) < 4.78 is 0. The Morgan fingerprint density at radius 1 is 0.783 bits per heavy atom. The largest absolute Gasteiger partial charge is 0.343 e. The van der Waals surface area contributed by atoms with E-state index in [0.717, 1.165) is 25.9 Å². The van der Waals surface area contributed by atoms with E-state index >= 15 is 0 Å². The molecule has 3 nitrogen and oxygen atoms in total. The van der Waals surface area contributed by atoms with Crippen molar-refractivity contribution < 1.29 is 4.79 Å². The topological polar surface area (TPSA) is 46.3 Å². The van der Waals surface area contributed by atoms with E-state index in [4.69, 9.17) is 5.73 Å². The van der Waals surface area contributed by atoms with E-state index in [-0.39, 0.29) is 5.92 Å². The second kappa shape index (κ2) is 16.3. The highest BCUT2D eigenvalue weighted by Gasteiger charge is 2.21. The zero-order valence-corrected chi connectivity index (χ0v) is 16.1. The summed E-state index contributed by atoms with van der Waals surface area (Å²) in [6, 6.07) is 0. The van der Waals surface area contributed by atoms with Gasteiger partial charge >= 0.3 is 0 Å². The first-order valence-corrected chi connectivity index (χ1v) is 10.2. The van der Waals surface area contributed by atoms with Gasteiger partial charge in [0.15, 0.2) is 0 Å². The van der Waals surface area contributed by atoms with Gasteiger partial charge in [-0.15, -0.1) is 0 Å². The molecule has 1 amide bonds. The number of rotatable bonds is 16. The number of nitrogens with two attached hydrogens (primary N) is 1. The number of amides is 1. The van der Waals surface area contributed by atoms with Gasteiger partial charge in [-0.1, -0.05) is 71.1 Å². The summed E-state index contributed by atoms with van der Waals surface area (Å²) in [6.07, 6.45) is 15.3. The predicted molar refractivity (Wildman–Crippen MR) is 102 cm³/mol. The molecule has 0 aliphatic carbocycles. The molecular weight excluding hydrogens is 284 g/mol. The average molecular weight is 327 g/mol. The van der Waals surface area contributed by atoms with Gasteiger partial charge < -0.3 is 10.6 Å². The summed E-state index contributed by atoms with van der Waals surface area (Å²) in [5, 5.41) is 0. The van der Waals surface area contributed by atoms with E-state index in [1.165, 1.54) is 64.2 Å². The summed E-state index contributed by atoms with van der Waals surface area (Å²) >= 11 is 0. The fraction of sp³-hybridized carbons (Fsp3) is 0.950. The smallest absolute Gasteiger partial charge is 0.225 e. The number of hydrogen-bond donors (Lipinski definition) is 1. The van der Waals surface area contributed by atoms with Crippen LogP contribution in [-0.4, -0.2) is 30.4 Å². The third-order valence-corrected chi connectivity index (χ3v) is 4.85. The molecule has 2 N–H and O–H groups in total. The molecule has 0 heterocycles. The van der Waals surface area contributed by atoms with E-state index < -0.39 is 0 Å². The van der Waals surface area contributed by atoms with E-state index in [2.05, 4.69) is 20.8 Å². The normalized spacial score (nSPS) is 12.3. The van der Waals surface area contributed by atoms with Gasteiger partial charge in [0.1, 0.15) is 0 Å². The van der Waals surface area contributed by atoms with Crippen molar-refractivity contribution in [3.63, 3.8) is 0 Å². The monoisotopic (exact) mass is 326 g/mol. The quantitative estimate of drug-likeness (QED) is 0.400. The average Bonchev–Trinajstić information content (AvgIpc) is 2.56. The van der Waals surface area contributed by atoms with Gasteiger partial charge in [0, 0.05) is 19.0 Å². The maximum Gasteiger partial charge on any atom is 0.225 e.